The molecule has 0 radical (unpaired) electrons. The lowest BCUT2D eigenvalue weighted by molar-refractivity contribution is -0.155. The smallest absolute Gasteiger partial charge is 0.382 e. The molecule has 1 atom stereocenters. The number of hydrogen-bond donors (Lipinski definition) is 1. The van der Waals surface area contributed by atoms with Crippen molar-refractivity contribution in [3.63, 3.8) is 0 Å². The average Bonchev–Trinajstić information content (AvgIpc) is 2.28. The predicted molar refractivity (Wildman–Crippen MR) is 60.1 cm³/mol. The van der Waals surface area contributed by atoms with E-state index in [9.17, 15) is 26.3 Å². The summed E-state index contributed by atoms with van der Waals surface area (Å²) < 4.78 is 75.1. The first kappa shape index (κ1) is 16.4. The van der Waals surface area contributed by atoms with E-state index in [0.29, 0.717) is 6.07 Å². The standard InChI is InChI=1S/C11H7ClF6N2/c12-8-3-1-2-7(11(16,17)18)9(8)20-5-6(4-19)10(13,14)15/h1-3,6,20H,5H2. The van der Waals surface area contributed by atoms with Crippen molar-refractivity contribution >= 4 is 17.3 Å². The Morgan fingerprint density at radius 2 is 1.80 bits per heavy atom. The summed E-state index contributed by atoms with van der Waals surface area (Å²) in [5, 5.41) is 9.95. The number of hydrogen-bond acceptors (Lipinski definition) is 2. The number of anilines is 1. The van der Waals surface area contributed by atoms with Gasteiger partial charge < -0.3 is 5.32 Å². The lowest BCUT2D eigenvalue weighted by atomic mass is 10.1. The van der Waals surface area contributed by atoms with Gasteiger partial charge in [0.1, 0.15) is 0 Å². The molecule has 0 aliphatic rings. The molecule has 0 amide bonds. The van der Waals surface area contributed by atoms with Crippen LogP contribution in [0.4, 0.5) is 32.0 Å². The van der Waals surface area contributed by atoms with E-state index < -0.39 is 36.1 Å². The van der Waals surface area contributed by atoms with Crippen molar-refractivity contribution in [1.82, 2.24) is 0 Å². The summed E-state index contributed by atoms with van der Waals surface area (Å²) in [5.74, 6) is -2.43. The Bertz CT molecular complexity index is 517. The van der Waals surface area contributed by atoms with Gasteiger partial charge >= 0.3 is 12.4 Å². The van der Waals surface area contributed by atoms with E-state index in [2.05, 4.69) is 0 Å². The third-order valence-corrected chi connectivity index (χ3v) is 2.67. The van der Waals surface area contributed by atoms with Gasteiger partial charge in [0.2, 0.25) is 0 Å². The molecule has 0 saturated heterocycles. The molecule has 2 nitrogen and oxygen atoms in total. The highest BCUT2D eigenvalue weighted by molar-refractivity contribution is 6.33. The number of nitriles is 1. The second-order valence-electron chi connectivity index (χ2n) is 3.76. The monoisotopic (exact) mass is 316 g/mol. The molecule has 20 heavy (non-hydrogen) atoms. The minimum atomic E-state index is -4.83. The molecule has 1 aromatic rings. The molecule has 0 fully saturated rings. The van der Waals surface area contributed by atoms with Crippen LogP contribution in [0.25, 0.3) is 0 Å². The van der Waals surface area contributed by atoms with E-state index in [1.807, 2.05) is 5.32 Å². The number of halogens is 7. The van der Waals surface area contributed by atoms with Gasteiger partial charge in [-0.25, -0.2) is 0 Å². The van der Waals surface area contributed by atoms with Gasteiger partial charge in [-0.15, -0.1) is 0 Å². The van der Waals surface area contributed by atoms with Crippen LogP contribution in [-0.4, -0.2) is 12.7 Å². The number of nitrogens with one attached hydrogen (secondary N) is 1. The number of rotatable bonds is 3. The Labute approximate surface area is 114 Å². The highest BCUT2D eigenvalue weighted by Gasteiger charge is 2.40. The topological polar surface area (TPSA) is 35.8 Å². The van der Waals surface area contributed by atoms with E-state index in [4.69, 9.17) is 16.9 Å². The quantitative estimate of drug-likeness (QED) is 0.835. The fraction of sp³-hybridized carbons (Fsp3) is 0.364. The Morgan fingerprint density at radius 1 is 1.20 bits per heavy atom. The largest absolute Gasteiger partial charge is 0.418 e. The maximum atomic E-state index is 12.7. The average molecular weight is 317 g/mol. The molecule has 0 aliphatic carbocycles. The summed E-state index contributed by atoms with van der Waals surface area (Å²) >= 11 is 5.55. The van der Waals surface area contributed by atoms with Gasteiger partial charge in [-0.2, -0.15) is 31.6 Å². The predicted octanol–water partition coefficient (Wildman–Crippen LogP) is 4.47. The minimum Gasteiger partial charge on any atom is -0.382 e. The van der Waals surface area contributed by atoms with Crippen molar-refractivity contribution in [3.8, 4) is 6.07 Å². The van der Waals surface area contributed by atoms with Gasteiger partial charge in [0.25, 0.3) is 0 Å². The van der Waals surface area contributed by atoms with Crippen molar-refractivity contribution in [2.45, 2.75) is 12.4 Å². The summed E-state index contributed by atoms with van der Waals surface area (Å²) in [5.41, 5.74) is -1.87. The number of nitrogens with zero attached hydrogens (tertiary/aromatic N) is 1. The highest BCUT2D eigenvalue weighted by atomic mass is 35.5. The molecular weight excluding hydrogens is 310 g/mol. The van der Waals surface area contributed by atoms with E-state index in [1.165, 1.54) is 0 Å². The van der Waals surface area contributed by atoms with E-state index in [-0.39, 0.29) is 5.02 Å². The van der Waals surface area contributed by atoms with E-state index in [0.717, 1.165) is 18.2 Å². The molecule has 0 aromatic heterocycles. The zero-order valence-corrected chi connectivity index (χ0v) is 10.4. The first-order chi connectivity index (χ1) is 9.07. The molecule has 1 N–H and O–H groups in total. The maximum Gasteiger partial charge on any atom is 0.418 e. The maximum absolute atomic E-state index is 12.7. The molecule has 110 valence electrons. The van der Waals surface area contributed by atoms with Crippen molar-refractivity contribution in [3.05, 3.63) is 28.8 Å². The summed E-state index contributed by atoms with van der Waals surface area (Å²) in [7, 11) is 0. The summed E-state index contributed by atoms with van der Waals surface area (Å²) in [6.07, 6.45) is -9.60. The Balaban J connectivity index is 3.02. The van der Waals surface area contributed by atoms with Gasteiger partial charge in [0.15, 0.2) is 5.92 Å². The van der Waals surface area contributed by atoms with Gasteiger partial charge in [-0.3, -0.25) is 0 Å². The van der Waals surface area contributed by atoms with Crippen LogP contribution in [0.5, 0.6) is 0 Å². The molecule has 0 spiro atoms. The number of alkyl halides is 6. The molecule has 0 bridgehead atoms. The van der Waals surface area contributed by atoms with Gasteiger partial charge in [-0.1, -0.05) is 17.7 Å². The minimum absolute atomic E-state index is 0.376. The van der Waals surface area contributed by atoms with Crippen LogP contribution in [0.3, 0.4) is 0 Å². The van der Waals surface area contributed by atoms with Crippen LogP contribution in [0.1, 0.15) is 5.56 Å². The Kier molecular flexibility index (Phi) is 4.76. The van der Waals surface area contributed by atoms with Crippen LogP contribution in [0.15, 0.2) is 18.2 Å². The van der Waals surface area contributed by atoms with Crippen molar-refractivity contribution in [2.24, 2.45) is 5.92 Å². The Hall–Kier alpha value is -1.62. The van der Waals surface area contributed by atoms with Crippen LogP contribution in [0, 0.1) is 17.2 Å². The SMILES string of the molecule is N#CC(CNc1c(Cl)cccc1C(F)(F)F)C(F)(F)F. The molecular formula is C11H7ClF6N2. The Morgan fingerprint density at radius 3 is 2.25 bits per heavy atom. The van der Waals surface area contributed by atoms with Gasteiger partial charge in [-0.05, 0) is 12.1 Å². The number of para-hydroxylation sites is 1. The molecule has 0 heterocycles. The first-order valence-electron chi connectivity index (χ1n) is 5.13. The first-order valence-corrected chi connectivity index (χ1v) is 5.51. The highest BCUT2D eigenvalue weighted by Crippen LogP contribution is 2.39. The lowest BCUT2D eigenvalue weighted by Gasteiger charge is -2.18. The molecule has 0 saturated carbocycles. The van der Waals surface area contributed by atoms with Crippen LogP contribution >= 0.6 is 11.6 Å². The van der Waals surface area contributed by atoms with Gasteiger partial charge in [0.05, 0.1) is 22.3 Å². The fourth-order valence-electron chi connectivity index (χ4n) is 1.38. The summed E-state index contributed by atoms with van der Waals surface area (Å²) in [6.45, 7) is -1.02. The second kappa shape index (κ2) is 5.79. The van der Waals surface area contributed by atoms with Crippen molar-refractivity contribution in [1.29, 1.82) is 5.26 Å². The van der Waals surface area contributed by atoms with Gasteiger partial charge in [0, 0.05) is 6.54 Å². The van der Waals surface area contributed by atoms with Crippen LogP contribution in [-0.2, 0) is 6.18 Å². The van der Waals surface area contributed by atoms with Crippen molar-refractivity contribution in [2.75, 3.05) is 11.9 Å². The third-order valence-electron chi connectivity index (χ3n) is 2.35. The molecule has 1 rings (SSSR count). The zero-order valence-electron chi connectivity index (χ0n) is 9.61. The summed E-state index contributed by atoms with van der Waals surface area (Å²) in [4.78, 5) is 0. The molecule has 1 unspecified atom stereocenters. The van der Waals surface area contributed by atoms with E-state index >= 15 is 0 Å². The summed E-state index contributed by atoms with van der Waals surface area (Å²) in [6, 6.07) is 3.80. The molecule has 0 aliphatic heterocycles. The lowest BCUT2D eigenvalue weighted by Crippen LogP contribution is -2.29. The fourth-order valence-corrected chi connectivity index (χ4v) is 1.62. The van der Waals surface area contributed by atoms with Crippen LogP contribution < -0.4 is 5.32 Å². The normalized spacial score (nSPS) is 13.7. The zero-order chi connectivity index (χ0) is 15.6. The number of benzene rings is 1. The van der Waals surface area contributed by atoms with E-state index in [1.54, 1.807) is 0 Å². The molecule has 1 aromatic carbocycles. The van der Waals surface area contributed by atoms with Crippen molar-refractivity contribution < 1.29 is 26.3 Å². The third kappa shape index (κ3) is 3.93. The molecule has 9 heteroatoms. The van der Waals surface area contributed by atoms with Crippen LogP contribution in [0.2, 0.25) is 5.02 Å². The second-order valence-corrected chi connectivity index (χ2v) is 4.17.